The monoisotopic (exact) mass is 89.1 g/mol. The Morgan fingerprint density at radius 3 is 2.33 bits per heavy atom. The van der Waals surface area contributed by atoms with E-state index in [2.05, 4.69) is 19.2 Å². The maximum absolute atomic E-state index is 3.20. The van der Waals surface area contributed by atoms with Crippen molar-refractivity contribution >= 4 is 0 Å². The molecule has 1 N–H and O–H groups in total. The summed E-state index contributed by atoms with van der Waals surface area (Å²) in [6, 6.07) is 0. The second-order valence-corrected chi connectivity index (χ2v) is 1.35. The first-order chi connectivity index (χ1) is 2.91. The van der Waals surface area contributed by atoms with Gasteiger partial charge in [-0.2, -0.15) is 0 Å². The molecule has 0 rings (SSSR count). The molecule has 0 saturated heterocycles. The molecule has 0 heterocycles. The molecule has 0 spiro atoms. The van der Waals surface area contributed by atoms with Crippen molar-refractivity contribution in [2.45, 2.75) is 20.3 Å². The maximum atomic E-state index is 3.20. The SMILES string of the molecule is CCCNCC.[HH]. The van der Waals surface area contributed by atoms with E-state index in [0.717, 1.165) is 13.1 Å². The van der Waals surface area contributed by atoms with Gasteiger partial charge >= 0.3 is 0 Å². The average Bonchev–Trinajstić information content (AvgIpc) is 1.61. The van der Waals surface area contributed by atoms with Crippen LogP contribution in [0, 0.1) is 0 Å². The standard InChI is InChI=1S/C5H13N.H2/c1-3-5-6-4-2;/h6H,3-5H2,1-2H3;1H. The Morgan fingerprint density at radius 2 is 2.17 bits per heavy atom. The molecule has 6 heavy (non-hydrogen) atoms. The minimum Gasteiger partial charge on any atom is -0.317 e. The van der Waals surface area contributed by atoms with Crippen LogP contribution in [0.4, 0.5) is 0 Å². The minimum atomic E-state index is 0. The molecule has 0 saturated carbocycles. The van der Waals surface area contributed by atoms with Gasteiger partial charge in [-0.25, -0.2) is 0 Å². The fourth-order valence-corrected chi connectivity index (χ4v) is 0.354. The lowest BCUT2D eigenvalue weighted by Gasteiger charge is -1.91. The summed E-state index contributed by atoms with van der Waals surface area (Å²) in [4.78, 5) is 0. The lowest BCUT2D eigenvalue weighted by Crippen LogP contribution is -2.12. The molecule has 0 aromatic rings. The third-order valence-electron chi connectivity index (χ3n) is 0.677. The van der Waals surface area contributed by atoms with Crippen LogP contribution < -0.4 is 5.32 Å². The molecule has 1 heteroatoms. The topological polar surface area (TPSA) is 12.0 Å². The van der Waals surface area contributed by atoms with Crippen LogP contribution in [0.2, 0.25) is 0 Å². The van der Waals surface area contributed by atoms with Gasteiger partial charge in [0.1, 0.15) is 0 Å². The van der Waals surface area contributed by atoms with Crippen LogP contribution in [-0.4, -0.2) is 13.1 Å². The normalized spacial score (nSPS) is 9.00. The number of rotatable bonds is 3. The van der Waals surface area contributed by atoms with Crippen molar-refractivity contribution in [1.82, 2.24) is 5.32 Å². The first-order valence-corrected chi connectivity index (χ1v) is 2.62. The van der Waals surface area contributed by atoms with Crippen molar-refractivity contribution in [2.24, 2.45) is 0 Å². The Kier molecular flexibility index (Phi) is 4.93. The van der Waals surface area contributed by atoms with E-state index in [1.54, 1.807) is 0 Å². The molecule has 0 aromatic heterocycles. The predicted octanol–water partition coefficient (Wildman–Crippen LogP) is 1.25. The Morgan fingerprint density at radius 1 is 1.50 bits per heavy atom. The molecule has 1 nitrogen and oxygen atoms in total. The smallest absolute Gasteiger partial charge is 0 e. The second-order valence-electron chi connectivity index (χ2n) is 1.35. The number of hydrogen-bond acceptors (Lipinski definition) is 1. The van der Waals surface area contributed by atoms with Gasteiger partial charge in [0.15, 0.2) is 0 Å². The molecule has 0 atom stereocenters. The van der Waals surface area contributed by atoms with E-state index >= 15 is 0 Å². The summed E-state index contributed by atoms with van der Waals surface area (Å²) in [5.74, 6) is 0. The summed E-state index contributed by atoms with van der Waals surface area (Å²) in [6.45, 7) is 6.56. The highest BCUT2D eigenvalue weighted by atomic mass is 14.8. The number of hydrogen-bond donors (Lipinski definition) is 1. The zero-order valence-electron chi connectivity index (χ0n) is 4.62. The van der Waals surface area contributed by atoms with Gasteiger partial charge in [-0.05, 0) is 19.5 Å². The van der Waals surface area contributed by atoms with Gasteiger partial charge in [-0.15, -0.1) is 0 Å². The van der Waals surface area contributed by atoms with E-state index in [1.807, 2.05) is 0 Å². The largest absolute Gasteiger partial charge is 0.317 e. The Balaban J connectivity index is 0. The van der Waals surface area contributed by atoms with Gasteiger partial charge in [0.05, 0.1) is 0 Å². The molecule has 0 aliphatic carbocycles. The second kappa shape index (κ2) is 4.96. The van der Waals surface area contributed by atoms with Crippen LogP contribution in [0.3, 0.4) is 0 Å². The van der Waals surface area contributed by atoms with E-state index in [4.69, 9.17) is 0 Å². The van der Waals surface area contributed by atoms with Crippen molar-refractivity contribution in [3.8, 4) is 0 Å². The molecule has 0 aliphatic heterocycles. The summed E-state index contributed by atoms with van der Waals surface area (Å²) >= 11 is 0. The molecule has 0 aromatic carbocycles. The third-order valence-corrected chi connectivity index (χ3v) is 0.677. The maximum Gasteiger partial charge on any atom is 0 e. The van der Waals surface area contributed by atoms with E-state index in [9.17, 15) is 0 Å². The third kappa shape index (κ3) is 3.96. The Labute approximate surface area is 41.2 Å². The van der Waals surface area contributed by atoms with Crippen molar-refractivity contribution in [3.63, 3.8) is 0 Å². The summed E-state index contributed by atoms with van der Waals surface area (Å²) in [5.41, 5.74) is 0. The van der Waals surface area contributed by atoms with Crippen LogP contribution in [0.1, 0.15) is 21.7 Å². The quantitative estimate of drug-likeness (QED) is 0.513. The summed E-state index contributed by atoms with van der Waals surface area (Å²) in [6.07, 6.45) is 1.24. The summed E-state index contributed by atoms with van der Waals surface area (Å²) in [7, 11) is 0. The van der Waals surface area contributed by atoms with Crippen molar-refractivity contribution in [2.75, 3.05) is 13.1 Å². The molecule has 0 bridgehead atoms. The van der Waals surface area contributed by atoms with Crippen molar-refractivity contribution in [3.05, 3.63) is 0 Å². The van der Waals surface area contributed by atoms with Crippen LogP contribution in [0.25, 0.3) is 0 Å². The van der Waals surface area contributed by atoms with Crippen LogP contribution in [0.5, 0.6) is 0 Å². The van der Waals surface area contributed by atoms with E-state index < -0.39 is 0 Å². The molecule has 0 aliphatic rings. The highest BCUT2D eigenvalue weighted by Gasteiger charge is 1.71. The van der Waals surface area contributed by atoms with Crippen LogP contribution in [0.15, 0.2) is 0 Å². The average molecular weight is 89.2 g/mol. The molecule has 0 unspecified atom stereocenters. The molecule has 40 valence electrons. The van der Waals surface area contributed by atoms with Gasteiger partial charge in [0, 0.05) is 1.43 Å². The lowest BCUT2D eigenvalue weighted by atomic mass is 10.5. The van der Waals surface area contributed by atoms with Gasteiger partial charge in [0.2, 0.25) is 0 Å². The van der Waals surface area contributed by atoms with Gasteiger partial charge in [-0.1, -0.05) is 13.8 Å². The summed E-state index contributed by atoms with van der Waals surface area (Å²) in [5, 5.41) is 3.20. The minimum absolute atomic E-state index is 0. The van der Waals surface area contributed by atoms with Gasteiger partial charge in [-0.3, -0.25) is 0 Å². The number of nitrogens with one attached hydrogen (secondary N) is 1. The highest BCUT2D eigenvalue weighted by Crippen LogP contribution is 1.65. The zero-order chi connectivity index (χ0) is 4.83. The van der Waals surface area contributed by atoms with E-state index in [0.29, 0.717) is 0 Å². The molecule has 0 fully saturated rings. The molecular weight excluding hydrogens is 74.1 g/mol. The predicted molar refractivity (Wildman–Crippen MR) is 30.9 cm³/mol. The lowest BCUT2D eigenvalue weighted by molar-refractivity contribution is 0.703. The Bertz CT molecular complexity index is 20.0. The Hall–Kier alpha value is -0.0400. The fraction of sp³-hybridized carbons (Fsp3) is 1.00. The van der Waals surface area contributed by atoms with E-state index in [-0.39, 0.29) is 1.43 Å². The first kappa shape index (κ1) is 5.96. The summed E-state index contributed by atoms with van der Waals surface area (Å²) < 4.78 is 0. The molecular formula is C5H15N. The van der Waals surface area contributed by atoms with E-state index in [1.165, 1.54) is 6.42 Å². The van der Waals surface area contributed by atoms with Gasteiger partial charge < -0.3 is 5.32 Å². The molecule has 0 amide bonds. The first-order valence-electron chi connectivity index (χ1n) is 2.62. The van der Waals surface area contributed by atoms with Crippen molar-refractivity contribution < 1.29 is 1.43 Å². The van der Waals surface area contributed by atoms with Gasteiger partial charge in [0.25, 0.3) is 0 Å². The zero-order valence-corrected chi connectivity index (χ0v) is 4.62. The van der Waals surface area contributed by atoms with Crippen LogP contribution >= 0.6 is 0 Å². The fourth-order valence-electron chi connectivity index (χ4n) is 0.354. The highest BCUT2D eigenvalue weighted by molar-refractivity contribution is 4.35. The van der Waals surface area contributed by atoms with Crippen LogP contribution in [-0.2, 0) is 0 Å². The van der Waals surface area contributed by atoms with Crippen molar-refractivity contribution in [1.29, 1.82) is 0 Å². The molecule has 0 radical (unpaired) electrons.